The van der Waals surface area contributed by atoms with Crippen molar-refractivity contribution in [2.45, 2.75) is 20.3 Å². The van der Waals surface area contributed by atoms with Crippen molar-refractivity contribution < 1.29 is 9.18 Å². The monoisotopic (exact) mass is 355 g/mol. The van der Waals surface area contributed by atoms with Crippen LogP contribution in [0.25, 0.3) is 21.8 Å². The molecule has 3 rings (SSSR count). The van der Waals surface area contributed by atoms with E-state index in [0.717, 1.165) is 10.4 Å². The van der Waals surface area contributed by atoms with Crippen molar-refractivity contribution in [3.05, 3.63) is 53.8 Å². The van der Waals surface area contributed by atoms with Gasteiger partial charge in [0.1, 0.15) is 11.5 Å². The fourth-order valence-electron chi connectivity index (χ4n) is 2.38. The van der Waals surface area contributed by atoms with E-state index in [-0.39, 0.29) is 17.6 Å². The predicted octanol–water partition coefficient (Wildman–Crippen LogP) is 5.00. The van der Waals surface area contributed by atoms with E-state index in [1.165, 1.54) is 23.5 Å². The van der Waals surface area contributed by atoms with Gasteiger partial charge in [-0.3, -0.25) is 4.79 Å². The van der Waals surface area contributed by atoms with E-state index in [4.69, 9.17) is 0 Å². The van der Waals surface area contributed by atoms with Crippen LogP contribution in [0.3, 0.4) is 0 Å². The van der Waals surface area contributed by atoms with Gasteiger partial charge in [-0.2, -0.15) is 0 Å². The van der Waals surface area contributed by atoms with E-state index >= 15 is 0 Å². The Hall–Kier alpha value is -2.60. The molecule has 0 unspecified atom stereocenters. The van der Waals surface area contributed by atoms with Gasteiger partial charge in [0.05, 0.1) is 16.8 Å². The first kappa shape index (κ1) is 17.2. The molecule has 0 spiro atoms. The Morgan fingerprint density at radius 3 is 2.64 bits per heavy atom. The van der Waals surface area contributed by atoms with Crippen LogP contribution in [-0.2, 0) is 4.79 Å². The summed E-state index contributed by atoms with van der Waals surface area (Å²) in [5, 5.41) is 4.80. The van der Waals surface area contributed by atoms with E-state index in [1.54, 1.807) is 18.3 Å². The molecular formula is C19H18FN3OS. The van der Waals surface area contributed by atoms with Crippen LogP contribution < -0.4 is 5.32 Å². The molecule has 0 atom stereocenters. The van der Waals surface area contributed by atoms with Gasteiger partial charge in [0.2, 0.25) is 5.91 Å². The molecule has 0 bridgehead atoms. The van der Waals surface area contributed by atoms with E-state index in [9.17, 15) is 9.18 Å². The molecule has 0 radical (unpaired) electrons. The van der Waals surface area contributed by atoms with Crippen molar-refractivity contribution in [3.8, 4) is 21.8 Å². The predicted molar refractivity (Wildman–Crippen MR) is 98.8 cm³/mol. The van der Waals surface area contributed by atoms with Crippen LogP contribution in [0.2, 0.25) is 0 Å². The Kier molecular flexibility index (Phi) is 5.19. The number of carbonyl (C=O) groups is 1. The van der Waals surface area contributed by atoms with Gasteiger partial charge in [-0.1, -0.05) is 19.9 Å². The lowest BCUT2D eigenvalue weighted by molar-refractivity contribution is -0.116. The molecule has 3 aromatic rings. The van der Waals surface area contributed by atoms with Gasteiger partial charge >= 0.3 is 0 Å². The highest BCUT2D eigenvalue weighted by Gasteiger charge is 2.15. The number of benzene rings is 1. The highest BCUT2D eigenvalue weighted by Crippen LogP contribution is 2.31. The molecule has 0 saturated heterocycles. The molecule has 25 heavy (non-hydrogen) atoms. The van der Waals surface area contributed by atoms with E-state index in [1.807, 2.05) is 31.4 Å². The number of rotatable bonds is 5. The summed E-state index contributed by atoms with van der Waals surface area (Å²) in [5.41, 5.74) is 2.02. The van der Waals surface area contributed by atoms with Crippen molar-refractivity contribution in [2.75, 3.05) is 5.32 Å². The average Bonchev–Trinajstić information content (AvgIpc) is 3.09. The van der Waals surface area contributed by atoms with Crippen LogP contribution in [0.15, 0.2) is 48.0 Å². The zero-order valence-corrected chi connectivity index (χ0v) is 14.8. The Labute approximate surface area is 149 Å². The van der Waals surface area contributed by atoms with Crippen molar-refractivity contribution in [1.82, 2.24) is 9.97 Å². The van der Waals surface area contributed by atoms with Gasteiger partial charge in [0, 0.05) is 12.0 Å². The summed E-state index contributed by atoms with van der Waals surface area (Å²) in [6, 6.07) is 9.95. The van der Waals surface area contributed by atoms with Crippen LogP contribution in [0, 0.1) is 11.7 Å². The third-order valence-electron chi connectivity index (χ3n) is 3.52. The third-order valence-corrected chi connectivity index (χ3v) is 4.40. The summed E-state index contributed by atoms with van der Waals surface area (Å²) in [4.78, 5) is 22.1. The van der Waals surface area contributed by atoms with E-state index in [0.29, 0.717) is 23.6 Å². The molecule has 6 heteroatoms. The Morgan fingerprint density at radius 1 is 1.24 bits per heavy atom. The molecule has 0 aliphatic heterocycles. The molecular weight excluding hydrogens is 337 g/mol. The summed E-state index contributed by atoms with van der Waals surface area (Å²) < 4.78 is 13.1. The maximum atomic E-state index is 13.1. The lowest BCUT2D eigenvalue weighted by atomic mass is 10.1. The normalized spacial score (nSPS) is 10.9. The first-order valence-electron chi connectivity index (χ1n) is 7.99. The largest absolute Gasteiger partial charge is 0.309 e. The van der Waals surface area contributed by atoms with E-state index in [2.05, 4.69) is 15.3 Å². The molecule has 0 aliphatic rings. The number of hydrogen-bond donors (Lipinski definition) is 1. The number of amides is 1. The number of aromatic nitrogens is 2. The number of carbonyl (C=O) groups excluding carboxylic acids is 1. The van der Waals surface area contributed by atoms with Crippen LogP contribution in [0.5, 0.6) is 0 Å². The molecule has 1 amide bonds. The average molecular weight is 355 g/mol. The van der Waals surface area contributed by atoms with E-state index < -0.39 is 0 Å². The standard InChI is InChI=1S/C19H18FN3OS/c1-12(2)10-17(24)23-19-18(16-4-3-9-25-16)22-15(11-21-19)13-5-7-14(20)8-6-13/h3-9,11-12H,10H2,1-2H3,(H,21,23,24). The summed E-state index contributed by atoms with van der Waals surface area (Å²) in [7, 11) is 0. The summed E-state index contributed by atoms with van der Waals surface area (Å²) in [5.74, 6) is 0.319. The number of nitrogens with one attached hydrogen (secondary N) is 1. The maximum absolute atomic E-state index is 13.1. The van der Waals surface area contributed by atoms with Crippen molar-refractivity contribution in [1.29, 1.82) is 0 Å². The second-order valence-corrected chi connectivity index (χ2v) is 7.03. The third kappa shape index (κ3) is 4.28. The molecule has 0 saturated carbocycles. The zero-order valence-electron chi connectivity index (χ0n) is 14.0. The van der Waals surface area contributed by atoms with Crippen molar-refractivity contribution in [2.24, 2.45) is 5.92 Å². The van der Waals surface area contributed by atoms with Gasteiger partial charge in [0.25, 0.3) is 0 Å². The van der Waals surface area contributed by atoms with Crippen molar-refractivity contribution in [3.63, 3.8) is 0 Å². The molecule has 4 nitrogen and oxygen atoms in total. The Morgan fingerprint density at radius 2 is 2.00 bits per heavy atom. The fraction of sp³-hybridized carbons (Fsp3) is 0.211. The number of thiophene rings is 1. The topological polar surface area (TPSA) is 54.9 Å². The van der Waals surface area contributed by atoms with Crippen LogP contribution in [0.4, 0.5) is 10.2 Å². The lowest BCUT2D eigenvalue weighted by Crippen LogP contribution is -2.16. The lowest BCUT2D eigenvalue weighted by Gasteiger charge is -2.11. The molecule has 1 aromatic carbocycles. The minimum Gasteiger partial charge on any atom is -0.309 e. The SMILES string of the molecule is CC(C)CC(=O)Nc1ncc(-c2ccc(F)cc2)nc1-c1cccs1. The van der Waals surface area contributed by atoms with Crippen LogP contribution in [0.1, 0.15) is 20.3 Å². The van der Waals surface area contributed by atoms with Gasteiger partial charge < -0.3 is 5.32 Å². The quantitative estimate of drug-likeness (QED) is 0.701. The summed E-state index contributed by atoms with van der Waals surface area (Å²) in [6.45, 7) is 3.98. The minimum atomic E-state index is -0.298. The maximum Gasteiger partial charge on any atom is 0.225 e. The number of anilines is 1. The zero-order chi connectivity index (χ0) is 17.8. The van der Waals surface area contributed by atoms with Gasteiger partial charge in [-0.05, 0) is 41.6 Å². The number of nitrogens with zero attached hydrogens (tertiary/aromatic N) is 2. The highest BCUT2D eigenvalue weighted by molar-refractivity contribution is 7.13. The first-order valence-corrected chi connectivity index (χ1v) is 8.87. The highest BCUT2D eigenvalue weighted by atomic mass is 32.1. The fourth-order valence-corrected chi connectivity index (χ4v) is 3.09. The molecule has 1 N–H and O–H groups in total. The molecule has 0 fully saturated rings. The van der Waals surface area contributed by atoms with Crippen LogP contribution >= 0.6 is 11.3 Å². The van der Waals surface area contributed by atoms with Gasteiger partial charge in [0.15, 0.2) is 5.82 Å². The first-order chi connectivity index (χ1) is 12.0. The van der Waals surface area contributed by atoms with Gasteiger partial charge in [-0.25, -0.2) is 14.4 Å². The Balaban J connectivity index is 1.98. The molecule has 2 heterocycles. The molecule has 2 aromatic heterocycles. The molecule has 0 aliphatic carbocycles. The number of hydrogen-bond acceptors (Lipinski definition) is 4. The summed E-state index contributed by atoms with van der Waals surface area (Å²) in [6.07, 6.45) is 2.01. The minimum absolute atomic E-state index is 0.0864. The second kappa shape index (κ2) is 7.53. The van der Waals surface area contributed by atoms with Crippen molar-refractivity contribution >= 4 is 23.1 Å². The number of halogens is 1. The Bertz CT molecular complexity index is 861. The summed E-state index contributed by atoms with van der Waals surface area (Å²) >= 11 is 1.52. The molecule has 128 valence electrons. The smallest absolute Gasteiger partial charge is 0.225 e. The van der Waals surface area contributed by atoms with Crippen LogP contribution in [-0.4, -0.2) is 15.9 Å². The van der Waals surface area contributed by atoms with Gasteiger partial charge in [-0.15, -0.1) is 11.3 Å². The second-order valence-electron chi connectivity index (χ2n) is 6.08.